The normalized spacial score (nSPS) is 11.9. The van der Waals surface area contributed by atoms with Crippen LogP contribution in [0.3, 0.4) is 0 Å². The number of benzene rings is 2. The Balaban J connectivity index is 1.38. The Bertz CT molecular complexity index is 1140. The van der Waals surface area contributed by atoms with E-state index >= 15 is 0 Å². The average Bonchev–Trinajstić information content (AvgIpc) is 3.47. The highest BCUT2D eigenvalue weighted by molar-refractivity contribution is 5.76. The van der Waals surface area contributed by atoms with Crippen LogP contribution < -0.4 is 5.32 Å². The van der Waals surface area contributed by atoms with Gasteiger partial charge in [-0.2, -0.15) is 4.98 Å². The Kier molecular flexibility index (Phi) is 6.16. The lowest BCUT2D eigenvalue weighted by molar-refractivity contribution is -0.121. The Labute approximate surface area is 178 Å². The summed E-state index contributed by atoms with van der Waals surface area (Å²) in [6, 6.07) is 14.3. The molecule has 1 amide bonds. The monoisotopic (exact) mass is 419 g/mol. The molecular formula is C23H22FN5O2. The smallest absolute Gasteiger partial charge is 0.227 e. The summed E-state index contributed by atoms with van der Waals surface area (Å²) in [6.07, 6.45) is 4.46. The quantitative estimate of drug-likeness (QED) is 0.451. The number of halogens is 1. The largest absolute Gasteiger partial charge is 0.349 e. The first-order valence-electron chi connectivity index (χ1n) is 10.00. The van der Waals surface area contributed by atoms with Crippen molar-refractivity contribution in [3.8, 4) is 11.4 Å². The predicted molar refractivity (Wildman–Crippen MR) is 112 cm³/mol. The summed E-state index contributed by atoms with van der Waals surface area (Å²) < 4.78 is 19.0. The molecule has 0 fully saturated rings. The molecule has 0 unspecified atom stereocenters. The SMILES string of the molecule is Cc1ccc(-c2noc(CCC(=O)N[C@H](Cc3ncc[nH]3)c3ccccc3)n2)cc1F. The highest BCUT2D eigenvalue weighted by atomic mass is 19.1. The number of imidazole rings is 1. The van der Waals surface area contributed by atoms with Crippen molar-refractivity contribution in [2.24, 2.45) is 0 Å². The fourth-order valence-electron chi connectivity index (χ4n) is 3.23. The Morgan fingerprint density at radius 2 is 2.06 bits per heavy atom. The van der Waals surface area contributed by atoms with E-state index in [1.807, 2.05) is 30.3 Å². The van der Waals surface area contributed by atoms with Gasteiger partial charge in [-0.15, -0.1) is 0 Å². The van der Waals surface area contributed by atoms with Crippen LogP contribution in [0.2, 0.25) is 0 Å². The van der Waals surface area contributed by atoms with Gasteiger partial charge in [0.1, 0.15) is 11.6 Å². The van der Waals surface area contributed by atoms with E-state index < -0.39 is 0 Å². The molecule has 31 heavy (non-hydrogen) atoms. The number of amides is 1. The van der Waals surface area contributed by atoms with Gasteiger partial charge in [0.15, 0.2) is 0 Å². The molecule has 0 aliphatic carbocycles. The lowest BCUT2D eigenvalue weighted by Gasteiger charge is -2.18. The number of aromatic nitrogens is 4. The van der Waals surface area contributed by atoms with Gasteiger partial charge in [0.2, 0.25) is 17.6 Å². The number of carbonyl (C=O) groups excluding carboxylic acids is 1. The van der Waals surface area contributed by atoms with E-state index in [1.54, 1.807) is 31.5 Å². The fourth-order valence-corrected chi connectivity index (χ4v) is 3.23. The van der Waals surface area contributed by atoms with Gasteiger partial charge in [0.25, 0.3) is 0 Å². The third-order valence-electron chi connectivity index (χ3n) is 4.95. The summed E-state index contributed by atoms with van der Waals surface area (Å²) in [5.74, 6) is 0.956. The number of hydrogen-bond donors (Lipinski definition) is 2. The first-order valence-corrected chi connectivity index (χ1v) is 10.00. The zero-order chi connectivity index (χ0) is 21.6. The van der Waals surface area contributed by atoms with Gasteiger partial charge in [-0.05, 0) is 24.1 Å². The van der Waals surface area contributed by atoms with E-state index in [-0.39, 0.29) is 30.6 Å². The van der Waals surface area contributed by atoms with E-state index in [4.69, 9.17) is 4.52 Å². The molecule has 4 aromatic rings. The van der Waals surface area contributed by atoms with E-state index in [0.29, 0.717) is 29.3 Å². The first-order chi connectivity index (χ1) is 15.1. The molecule has 0 spiro atoms. The maximum Gasteiger partial charge on any atom is 0.227 e. The van der Waals surface area contributed by atoms with Crippen molar-refractivity contribution >= 4 is 5.91 Å². The third-order valence-corrected chi connectivity index (χ3v) is 4.95. The predicted octanol–water partition coefficient (Wildman–Crippen LogP) is 3.94. The molecule has 0 radical (unpaired) electrons. The zero-order valence-electron chi connectivity index (χ0n) is 17.0. The van der Waals surface area contributed by atoms with Crippen LogP contribution in [-0.2, 0) is 17.6 Å². The molecule has 1 atom stereocenters. The van der Waals surface area contributed by atoms with Crippen molar-refractivity contribution < 1.29 is 13.7 Å². The molecule has 158 valence electrons. The summed E-state index contributed by atoms with van der Waals surface area (Å²) in [7, 11) is 0. The minimum Gasteiger partial charge on any atom is -0.349 e. The molecule has 0 aliphatic heterocycles. The fraction of sp³-hybridized carbons (Fsp3) is 0.217. The average molecular weight is 419 g/mol. The topological polar surface area (TPSA) is 96.7 Å². The van der Waals surface area contributed by atoms with Crippen molar-refractivity contribution in [1.82, 2.24) is 25.4 Å². The van der Waals surface area contributed by atoms with E-state index in [2.05, 4.69) is 25.4 Å². The van der Waals surface area contributed by atoms with Gasteiger partial charge in [-0.1, -0.05) is 47.6 Å². The minimum atomic E-state index is -0.327. The summed E-state index contributed by atoms with van der Waals surface area (Å²) in [4.78, 5) is 24.2. The van der Waals surface area contributed by atoms with Crippen LogP contribution in [0.5, 0.6) is 0 Å². The van der Waals surface area contributed by atoms with Crippen molar-refractivity contribution in [3.05, 3.63) is 89.6 Å². The Hall–Kier alpha value is -3.81. The maximum absolute atomic E-state index is 13.8. The van der Waals surface area contributed by atoms with Crippen LogP contribution in [0, 0.1) is 12.7 Å². The number of hydrogen-bond acceptors (Lipinski definition) is 5. The number of nitrogens with zero attached hydrogens (tertiary/aromatic N) is 3. The second-order valence-corrected chi connectivity index (χ2v) is 7.25. The van der Waals surface area contributed by atoms with Crippen LogP contribution in [0.1, 0.15) is 35.3 Å². The van der Waals surface area contributed by atoms with Crippen molar-refractivity contribution in [2.75, 3.05) is 0 Å². The van der Waals surface area contributed by atoms with Gasteiger partial charge >= 0.3 is 0 Å². The lowest BCUT2D eigenvalue weighted by Crippen LogP contribution is -2.30. The molecular weight excluding hydrogens is 397 g/mol. The molecule has 0 aliphatic rings. The number of H-pyrrole nitrogens is 1. The molecule has 4 rings (SSSR count). The number of rotatable bonds is 8. The zero-order valence-corrected chi connectivity index (χ0v) is 17.0. The van der Waals surface area contributed by atoms with E-state index in [9.17, 15) is 9.18 Å². The van der Waals surface area contributed by atoms with Gasteiger partial charge in [0, 0.05) is 37.2 Å². The van der Waals surface area contributed by atoms with Gasteiger partial charge in [-0.25, -0.2) is 9.37 Å². The van der Waals surface area contributed by atoms with E-state index in [0.717, 1.165) is 11.4 Å². The summed E-state index contributed by atoms with van der Waals surface area (Å²) >= 11 is 0. The Morgan fingerprint density at radius 1 is 1.23 bits per heavy atom. The van der Waals surface area contributed by atoms with Crippen molar-refractivity contribution in [2.45, 2.75) is 32.2 Å². The van der Waals surface area contributed by atoms with Gasteiger partial charge in [-0.3, -0.25) is 4.79 Å². The van der Waals surface area contributed by atoms with Crippen LogP contribution in [0.25, 0.3) is 11.4 Å². The molecule has 0 saturated heterocycles. The molecule has 0 saturated carbocycles. The summed E-state index contributed by atoms with van der Waals surface area (Å²) in [5, 5.41) is 6.95. The Morgan fingerprint density at radius 3 is 2.81 bits per heavy atom. The number of aryl methyl sites for hydroxylation is 2. The molecule has 0 bridgehead atoms. The van der Waals surface area contributed by atoms with Crippen LogP contribution in [-0.4, -0.2) is 26.0 Å². The highest BCUT2D eigenvalue weighted by Crippen LogP contribution is 2.20. The minimum absolute atomic E-state index is 0.137. The highest BCUT2D eigenvalue weighted by Gasteiger charge is 2.18. The molecule has 8 heteroatoms. The summed E-state index contributed by atoms with van der Waals surface area (Å²) in [6.45, 7) is 1.69. The van der Waals surface area contributed by atoms with Crippen molar-refractivity contribution in [3.63, 3.8) is 0 Å². The number of nitrogens with one attached hydrogen (secondary N) is 2. The van der Waals surface area contributed by atoms with Crippen molar-refractivity contribution in [1.29, 1.82) is 0 Å². The molecule has 2 aromatic carbocycles. The molecule has 7 nitrogen and oxygen atoms in total. The van der Waals surface area contributed by atoms with Crippen LogP contribution in [0.4, 0.5) is 4.39 Å². The second-order valence-electron chi connectivity index (χ2n) is 7.25. The maximum atomic E-state index is 13.8. The number of carbonyl (C=O) groups is 1. The second kappa shape index (κ2) is 9.34. The lowest BCUT2D eigenvalue weighted by atomic mass is 10.0. The first kappa shape index (κ1) is 20.5. The van der Waals surface area contributed by atoms with E-state index in [1.165, 1.54) is 6.07 Å². The molecule has 2 heterocycles. The standard InChI is InChI=1S/C23H22FN5O2/c1-15-7-8-17(13-18(15)24)23-28-22(31-29-23)10-9-21(30)27-19(14-20-25-11-12-26-20)16-5-3-2-4-6-16/h2-8,11-13,19H,9-10,14H2,1H3,(H,25,26)(H,27,30)/t19-/m1/s1. The van der Waals surface area contributed by atoms with Gasteiger partial charge in [0.05, 0.1) is 6.04 Å². The summed E-state index contributed by atoms with van der Waals surface area (Å²) in [5.41, 5.74) is 2.07. The van der Waals surface area contributed by atoms with Crippen LogP contribution >= 0.6 is 0 Å². The van der Waals surface area contributed by atoms with Crippen LogP contribution in [0.15, 0.2) is 65.4 Å². The third kappa shape index (κ3) is 5.22. The van der Waals surface area contributed by atoms with Gasteiger partial charge < -0.3 is 14.8 Å². The number of aromatic amines is 1. The molecule has 2 N–H and O–H groups in total. The molecule has 2 aromatic heterocycles.